The Morgan fingerprint density at radius 3 is 2.62 bits per heavy atom. The monoisotopic (exact) mass is 180 g/mol. The van der Waals surface area contributed by atoms with E-state index in [2.05, 4.69) is 23.8 Å². The first-order valence-electron chi connectivity index (χ1n) is 4.39. The van der Waals surface area contributed by atoms with Crippen LogP contribution in [0.2, 0.25) is 0 Å². The molecule has 1 aromatic heterocycles. The number of aromatic nitrogens is 2. The number of nitrogens with one attached hydrogen (secondary N) is 2. The lowest BCUT2D eigenvalue weighted by molar-refractivity contribution is 0.868. The van der Waals surface area contributed by atoms with Crippen LogP contribution in [0.5, 0.6) is 0 Å². The summed E-state index contributed by atoms with van der Waals surface area (Å²) in [6.07, 6.45) is 0. The van der Waals surface area contributed by atoms with Gasteiger partial charge in [-0.1, -0.05) is 19.9 Å². The van der Waals surface area contributed by atoms with Crippen LogP contribution in [0.25, 0.3) is 11.0 Å². The summed E-state index contributed by atoms with van der Waals surface area (Å²) in [7, 11) is 0. The lowest BCUT2D eigenvalue weighted by atomic mass is 10.0. The average molecular weight is 180 g/mol. The third-order valence-electron chi connectivity index (χ3n) is 2.21. The van der Waals surface area contributed by atoms with Crippen LogP contribution in [0, 0.1) is 0 Å². The van der Waals surface area contributed by atoms with Gasteiger partial charge in [0.25, 0.3) is 0 Å². The normalized spacial score (nSPS) is 11.3. The van der Waals surface area contributed by atoms with Crippen molar-refractivity contribution in [2.45, 2.75) is 19.8 Å². The van der Waals surface area contributed by atoms with Crippen molar-refractivity contribution in [3.63, 3.8) is 0 Å². The predicted molar refractivity (Wildman–Crippen MR) is 57.2 cm³/mol. The van der Waals surface area contributed by atoms with Gasteiger partial charge in [-0.05, 0) is 23.6 Å². The molecule has 0 bridgehead atoms. The number of fused-ring (bicyclic) bond motifs is 1. The summed E-state index contributed by atoms with van der Waals surface area (Å²) in [5, 5.41) is 0. The Kier molecular flexibility index (Phi) is 1.72. The molecule has 13 heavy (non-hydrogen) atoms. The van der Waals surface area contributed by atoms with E-state index < -0.39 is 0 Å². The van der Waals surface area contributed by atoms with Gasteiger partial charge in [0, 0.05) is 2.85 Å². The van der Waals surface area contributed by atoms with Gasteiger partial charge >= 0.3 is 5.69 Å². The van der Waals surface area contributed by atoms with Crippen LogP contribution in [-0.2, 0) is 0 Å². The molecular weight excluding hydrogens is 164 g/mol. The Balaban J connectivity index is 0.000000980. The number of imidazole rings is 1. The zero-order chi connectivity index (χ0) is 9.42. The van der Waals surface area contributed by atoms with Gasteiger partial charge in [0.05, 0.1) is 11.0 Å². The molecule has 0 aliphatic heterocycles. The molecule has 0 amide bonds. The Hall–Kier alpha value is -1.51. The molecule has 3 heteroatoms. The highest BCUT2D eigenvalue weighted by molar-refractivity contribution is 5.75. The van der Waals surface area contributed by atoms with Crippen LogP contribution in [0.4, 0.5) is 0 Å². The molecule has 2 N–H and O–H groups in total. The van der Waals surface area contributed by atoms with E-state index in [0.717, 1.165) is 11.0 Å². The van der Waals surface area contributed by atoms with Crippen LogP contribution >= 0.6 is 0 Å². The molecule has 0 saturated carbocycles. The molecule has 2 rings (SSSR count). The Morgan fingerprint density at radius 1 is 1.23 bits per heavy atom. The maximum absolute atomic E-state index is 11.0. The number of benzene rings is 1. The molecule has 0 atom stereocenters. The maximum Gasteiger partial charge on any atom is 0.323 e. The zero-order valence-electron chi connectivity index (χ0n) is 7.72. The van der Waals surface area contributed by atoms with Crippen LogP contribution in [0.3, 0.4) is 0 Å². The van der Waals surface area contributed by atoms with Gasteiger partial charge in [-0.15, -0.1) is 0 Å². The molecule has 0 aliphatic carbocycles. The lowest BCUT2D eigenvalue weighted by Gasteiger charge is -2.03. The summed E-state index contributed by atoms with van der Waals surface area (Å²) in [6, 6.07) is 5.98. The first-order chi connectivity index (χ1) is 6.16. The summed E-state index contributed by atoms with van der Waals surface area (Å²) in [4.78, 5) is 16.4. The quantitative estimate of drug-likeness (QED) is 0.695. The molecule has 3 nitrogen and oxygen atoms in total. The molecule has 2 aromatic rings. The second kappa shape index (κ2) is 2.76. The third-order valence-corrected chi connectivity index (χ3v) is 2.21. The molecular formula is C10H16N2O. The van der Waals surface area contributed by atoms with Crippen molar-refractivity contribution in [2.24, 2.45) is 0 Å². The summed E-state index contributed by atoms with van der Waals surface area (Å²) >= 11 is 0. The minimum atomic E-state index is -0.143. The van der Waals surface area contributed by atoms with E-state index in [0.29, 0.717) is 5.92 Å². The number of hydrogen-bond acceptors (Lipinski definition) is 1. The third kappa shape index (κ3) is 1.37. The fourth-order valence-corrected chi connectivity index (χ4v) is 1.41. The highest BCUT2D eigenvalue weighted by Gasteiger charge is 2.02. The molecule has 0 radical (unpaired) electrons. The standard InChI is InChI=1S/C10H12N2O.2H2/c1-6(2)7-3-4-8-9(5-7)12-10(13)11-8;;/h3-6H,1-2H3,(H2,11,12,13);2*1H. The van der Waals surface area contributed by atoms with Crippen LogP contribution in [-0.4, -0.2) is 9.97 Å². The van der Waals surface area contributed by atoms with Gasteiger partial charge < -0.3 is 9.97 Å². The highest BCUT2D eigenvalue weighted by Crippen LogP contribution is 2.17. The predicted octanol–water partition coefficient (Wildman–Crippen LogP) is 2.47. The molecule has 0 spiro atoms. The van der Waals surface area contributed by atoms with Gasteiger partial charge in [-0.25, -0.2) is 4.79 Å². The molecule has 0 fully saturated rings. The number of H-pyrrole nitrogens is 2. The van der Waals surface area contributed by atoms with E-state index in [9.17, 15) is 4.79 Å². The van der Waals surface area contributed by atoms with Crippen molar-refractivity contribution in [3.8, 4) is 0 Å². The average Bonchev–Trinajstić information content (AvgIpc) is 2.42. The summed E-state index contributed by atoms with van der Waals surface area (Å²) < 4.78 is 0. The van der Waals surface area contributed by atoms with Crippen molar-refractivity contribution in [1.29, 1.82) is 0 Å². The van der Waals surface area contributed by atoms with Crippen LogP contribution in [0.1, 0.15) is 28.2 Å². The van der Waals surface area contributed by atoms with E-state index in [4.69, 9.17) is 0 Å². The number of hydrogen-bond donors (Lipinski definition) is 2. The van der Waals surface area contributed by atoms with Crippen LogP contribution < -0.4 is 5.69 Å². The topological polar surface area (TPSA) is 48.6 Å². The SMILES string of the molecule is CC(C)c1ccc2[nH]c(=O)[nH]c2c1.[HH].[HH]. The molecule has 72 valence electrons. The van der Waals surface area contributed by atoms with Gasteiger partial charge in [-0.3, -0.25) is 0 Å². The van der Waals surface area contributed by atoms with E-state index in [-0.39, 0.29) is 8.54 Å². The minimum absolute atomic E-state index is 0. The zero-order valence-corrected chi connectivity index (χ0v) is 7.72. The Labute approximate surface area is 78.8 Å². The van der Waals surface area contributed by atoms with Gasteiger partial charge in [0.1, 0.15) is 0 Å². The van der Waals surface area contributed by atoms with Crippen molar-refractivity contribution >= 4 is 11.0 Å². The fourth-order valence-electron chi connectivity index (χ4n) is 1.41. The van der Waals surface area contributed by atoms with Crippen molar-refractivity contribution in [3.05, 3.63) is 34.2 Å². The first-order valence-corrected chi connectivity index (χ1v) is 4.39. The highest BCUT2D eigenvalue weighted by atomic mass is 16.1. The summed E-state index contributed by atoms with van der Waals surface area (Å²) in [6.45, 7) is 4.26. The molecule has 1 heterocycles. The van der Waals surface area contributed by atoms with Crippen molar-refractivity contribution < 1.29 is 2.85 Å². The smallest absolute Gasteiger partial charge is 0.306 e. The van der Waals surface area contributed by atoms with E-state index in [1.54, 1.807) is 0 Å². The molecule has 0 unspecified atom stereocenters. The largest absolute Gasteiger partial charge is 0.323 e. The van der Waals surface area contributed by atoms with Gasteiger partial charge in [0.15, 0.2) is 0 Å². The van der Waals surface area contributed by atoms with E-state index in [1.807, 2.05) is 18.2 Å². The first kappa shape index (κ1) is 8.10. The second-order valence-electron chi connectivity index (χ2n) is 3.54. The molecule has 0 aliphatic rings. The minimum Gasteiger partial charge on any atom is -0.306 e. The van der Waals surface area contributed by atoms with Crippen molar-refractivity contribution in [2.75, 3.05) is 0 Å². The fraction of sp³-hybridized carbons (Fsp3) is 0.300. The lowest BCUT2D eigenvalue weighted by Crippen LogP contribution is -1.99. The Bertz CT molecular complexity index is 487. The Morgan fingerprint density at radius 2 is 1.92 bits per heavy atom. The van der Waals surface area contributed by atoms with Crippen molar-refractivity contribution in [1.82, 2.24) is 9.97 Å². The molecule has 0 saturated heterocycles. The van der Waals surface area contributed by atoms with Gasteiger partial charge in [-0.2, -0.15) is 0 Å². The number of aromatic amines is 2. The molecule has 1 aromatic carbocycles. The van der Waals surface area contributed by atoms with Crippen LogP contribution in [0.15, 0.2) is 23.0 Å². The van der Waals surface area contributed by atoms with E-state index in [1.165, 1.54) is 5.56 Å². The maximum atomic E-state index is 11.0. The van der Waals surface area contributed by atoms with E-state index >= 15 is 0 Å². The second-order valence-corrected chi connectivity index (χ2v) is 3.54. The van der Waals surface area contributed by atoms with Gasteiger partial charge in [0.2, 0.25) is 0 Å². The number of rotatable bonds is 1. The summed E-state index contributed by atoms with van der Waals surface area (Å²) in [5.74, 6) is 0.489. The summed E-state index contributed by atoms with van der Waals surface area (Å²) in [5.41, 5.74) is 2.85.